The third-order valence-electron chi connectivity index (χ3n) is 8.77. The number of hydrogen-bond acceptors (Lipinski definition) is 0. The monoisotopic (exact) mass is 584 g/mol. The molecule has 0 aliphatic rings. The van der Waals surface area contributed by atoms with Gasteiger partial charge in [-0.2, -0.15) is 0 Å². The van der Waals surface area contributed by atoms with Crippen LogP contribution in [0.1, 0.15) is 178 Å². The van der Waals surface area contributed by atoms with E-state index in [9.17, 15) is 0 Å². The van der Waals surface area contributed by atoms with Gasteiger partial charge in [-0.15, -0.1) is 8.58 Å². The molecule has 0 spiro atoms. The van der Waals surface area contributed by atoms with Gasteiger partial charge in [0.05, 0.1) is 0 Å². The minimum absolute atomic E-state index is 0.289. The lowest BCUT2D eigenvalue weighted by atomic mass is 9.77. The van der Waals surface area contributed by atoms with E-state index >= 15 is 0 Å². The fourth-order valence-electron chi connectivity index (χ4n) is 6.13. The summed E-state index contributed by atoms with van der Waals surface area (Å²) in [5, 5.41) is 0.289. The van der Waals surface area contributed by atoms with E-state index in [1.807, 2.05) is 0 Å². The predicted octanol–water partition coefficient (Wildman–Crippen LogP) is 13.7. The minimum atomic E-state index is 0.289. The SMILES string of the molecule is CC(C)c1cc(C(C)C)c(-c2cccc(-c3c(C(C)C)cc(C(C)C)cc3C(C)C)c2CPC(C)(C)C)c(C(C)C)c1. The lowest BCUT2D eigenvalue weighted by Gasteiger charge is -2.29. The smallest absolute Gasteiger partial charge is 0.00835 e. The predicted molar refractivity (Wildman–Crippen MR) is 194 cm³/mol. The molecule has 3 aromatic carbocycles. The highest BCUT2D eigenvalue weighted by molar-refractivity contribution is 7.39. The zero-order valence-corrected chi connectivity index (χ0v) is 30.7. The number of rotatable bonds is 10. The molecule has 0 N–H and O–H groups in total. The third kappa shape index (κ3) is 7.78. The van der Waals surface area contributed by atoms with E-state index in [-0.39, 0.29) is 5.16 Å². The standard InChI is InChI=1S/C41H61P/c1-24(2)30-19-34(26(5)6)39(35(20-30)27(7)8)32-17-16-18-33(38(32)23-42-41(13,14)15)40-36(28(9)10)21-31(25(3)4)22-37(40)29(11)12/h16-22,24-29,42H,23H2,1-15H3. The van der Waals surface area contributed by atoms with Crippen molar-refractivity contribution in [1.82, 2.24) is 0 Å². The molecule has 0 aromatic heterocycles. The molecule has 0 nitrogen and oxygen atoms in total. The lowest BCUT2D eigenvalue weighted by Crippen LogP contribution is -2.09. The summed E-state index contributed by atoms with van der Waals surface area (Å²) < 4.78 is 0. The fourth-order valence-corrected chi connectivity index (χ4v) is 7.22. The largest absolute Gasteiger partial charge is 0.112 e. The minimum Gasteiger partial charge on any atom is -0.112 e. The highest BCUT2D eigenvalue weighted by Gasteiger charge is 2.26. The van der Waals surface area contributed by atoms with Crippen LogP contribution in [0.25, 0.3) is 22.3 Å². The Bertz CT molecular complexity index is 1210. The van der Waals surface area contributed by atoms with Gasteiger partial charge in [0.15, 0.2) is 0 Å². The van der Waals surface area contributed by atoms with E-state index in [0.717, 1.165) is 14.7 Å². The number of benzene rings is 3. The van der Waals surface area contributed by atoms with Crippen molar-refractivity contribution in [3.05, 3.63) is 81.4 Å². The van der Waals surface area contributed by atoms with Crippen LogP contribution in [0.5, 0.6) is 0 Å². The highest BCUT2D eigenvalue weighted by Crippen LogP contribution is 2.48. The van der Waals surface area contributed by atoms with Crippen LogP contribution in [-0.4, -0.2) is 5.16 Å². The molecule has 1 atom stereocenters. The van der Waals surface area contributed by atoms with E-state index in [1.54, 1.807) is 5.56 Å². The molecule has 0 radical (unpaired) electrons. The molecule has 0 fully saturated rings. The fraction of sp³-hybridized carbons (Fsp3) is 0.561. The van der Waals surface area contributed by atoms with Crippen LogP contribution in [0.4, 0.5) is 0 Å². The average molecular weight is 585 g/mol. The van der Waals surface area contributed by atoms with E-state index in [1.165, 1.54) is 55.6 Å². The highest BCUT2D eigenvalue weighted by atomic mass is 31.1. The van der Waals surface area contributed by atoms with Crippen LogP contribution in [0.2, 0.25) is 0 Å². The molecule has 0 amide bonds. The van der Waals surface area contributed by atoms with Gasteiger partial charge >= 0.3 is 0 Å². The summed E-state index contributed by atoms with van der Waals surface area (Å²) >= 11 is 0. The second-order valence-corrected chi connectivity index (χ2v) is 17.7. The van der Waals surface area contributed by atoms with E-state index in [2.05, 4.69) is 146 Å². The normalized spacial score (nSPS) is 13.0. The third-order valence-corrected chi connectivity index (χ3v) is 10.4. The summed E-state index contributed by atoms with van der Waals surface area (Å²) in [5.41, 5.74) is 16.4. The molecule has 1 unspecified atom stereocenters. The van der Waals surface area contributed by atoms with Gasteiger partial charge in [-0.1, -0.05) is 146 Å². The topological polar surface area (TPSA) is 0 Å². The Kier molecular flexibility index (Phi) is 11.4. The first kappa shape index (κ1) is 34.6. The Hall–Kier alpha value is -1.91. The van der Waals surface area contributed by atoms with E-state index in [4.69, 9.17) is 0 Å². The van der Waals surface area contributed by atoms with Crippen molar-refractivity contribution in [3.63, 3.8) is 0 Å². The van der Waals surface area contributed by atoms with Crippen LogP contribution in [0.15, 0.2) is 42.5 Å². The van der Waals surface area contributed by atoms with Gasteiger partial charge in [-0.25, -0.2) is 0 Å². The second kappa shape index (κ2) is 13.8. The van der Waals surface area contributed by atoms with Crippen LogP contribution in [-0.2, 0) is 6.16 Å². The summed E-state index contributed by atoms with van der Waals surface area (Å²) in [5.74, 6) is 2.87. The Morgan fingerprint density at radius 2 is 0.810 bits per heavy atom. The molecule has 0 bridgehead atoms. The molecular formula is C41H61P. The van der Waals surface area contributed by atoms with Crippen molar-refractivity contribution < 1.29 is 0 Å². The molecule has 1 heteroatoms. The van der Waals surface area contributed by atoms with Gasteiger partial charge in [0.2, 0.25) is 0 Å². The van der Waals surface area contributed by atoms with Gasteiger partial charge in [-0.3, -0.25) is 0 Å². The van der Waals surface area contributed by atoms with Crippen LogP contribution in [0, 0.1) is 0 Å². The Morgan fingerprint density at radius 1 is 0.500 bits per heavy atom. The van der Waals surface area contributed by atoms with Crippen LogP contribution >= 0.6 is 8.58 Å². The molecule has 230 valence electrons. The zero-order valence-electron chi connectivity index (χ0n) is 29.7. The molecule has 3 aromatic rings. The summed E-state index contributed by atoms with van der Waals surface area (Å²) in [7, 11) is 0.854. The summed E-state index contributed by atoms with van der Waals surface area (Å²) in [6, 6.07) is 17.3. The molecule has 0 aliphatic carbocycles. The first-order chi connectivity index (χ1) is 19.4. The van der Waals surface area contributed by atoms with E-state index < -0.39 is 0 Å². The maximum atomic E-state index is 2.52. The number of hydrogen-bond donors (Lipinski definition) is 0. The molecular weight excluding hydrogens is 523 g/mol. The molecule has 0 heterocycles. The summed E-state index contributed by atoms with van der Waals surface area (Å²) in [6.45, 7) is 35.6. The second-order valence-electron chi connectivity index (χ2n) is 15.5. The van der Waals surface area contributed by atoms with Crippen LogP contribution in [0.3, 0.4) is 0 Å². The van der Waals surface area contributed by atoms with Gasteiger partial charge < -0.3 is 0 Å². The van der Waals surface area contributed by atoms with E-state index in [0.29, 0.717) is 35.5 Å². The summed E-state index contributed by atoms with van der Waals surface area (Å²) in [4.78, 5) is 0. The first-order valence-electron chi connectivity index (χ1n) is 16.7. The first-order valence-corrected chi connectivity index (χ1v) is 17.9. The lowest BCUT2D eigenvalue weighted by molar-refractivity contribution is 0.791. The van der Waals surface area contributed by atoms with Crippen molar-refractivity contribution >= 4 is 8.58 Å². The molecule has 0 saturated heterocycles. The van der Waals surface area contributed by atoms with Crippen molar-refractivity contribution in [2.75, 3.05) is 0 Å². The Morgan fingerprint density at radius 3 is 1.05 bits per heavy atom. The maximum Gasteiger partial charge on any atom is -0.00835 e. The zero-order chi connectivity index (χ0) is 31.7. The van der Waals surface area contributed by atoms with Crippen LogP contribution < -0.4 is 0 Å². The average Bonchev–Trinajstić information content (AvgIpc) is 2.89. The van der Waals surface area contributed by atoms with Crippen molar-refractivity contribution in [1.29, 1.82) is 0 Å². The molecule has 0 aliphatic heterocycles. The molecule has 3 rings (SSSR count). The Labute approximate surface area is 262 Å². The van der Waals surface area contributed by atoms with Gasteiger partial charge in [0, 0.05) is 0 Å². The van der Waals surface area contributed by atoms with Gasteiger partial charge in [0.1, 0.15) is 0 Å². The Balaban J connectivity index is 2.55. The van der Waals surface area contributed by atoms with Gasteiger partial charge in [-0.05, 0) is 108 Å². The van der Waals surface area contributed by atoms with Crippen molar-refractivity contribution in [2.24, 2.45) is 0 Å². The molecule has 0 saturated carbocycles. The molecule has 42 heavy (non-hydrogen) atoms. The van der Waals surface area contributed by atoms with Crippen molar-refractivity contribution in [3.8, 4) is 22.3 Å². The van der Waals surface area contributed by atoms with Gasteiger partial charge in [0.25, 0.3) is 0 Å². The maximum absolute atomic E-state index is 2.52. The van der Waals surface area contributed by atoms with Crippen molar-refractivity contribution in [2.45, 2.75) is 151 Å². The summed E-state index contributed by atoms with van der Waals surface area (Å²) in [6.07, 6.45) is 1.11. The quantitative estimate of drug-likeness (QED) is 0.208.